The molecule has 0 bridgehead atoms. The van der Waals surface area contributed by atoms with Crippen LogP contribution in [0.4, 0.5) is 0 Å². The second kappa shape index (κ2) is 6.11. The molecule has 1 fully saturated rings. The van der Waals surface area contributed by atoms with Gasteiger partial charge >= 0.3 is 5.97 Å². The second-order valence-corrected chi connectivity index (χ2v) is 5.10. The summed E-state index contributed by atoms with van der Waals surface area (Å²) in [6, 6.07) is 6.73. The minimum atomic E-state index is -0.335. The predicted octanol–water partition coefficient (Wildman–Crippen LogP) is 1.93. The summed E-state index contributed by atoms with van der Waals surface area (Å²) in [7, 11) is 0. The van der Waals surface area contributed by atoms with Gasteiger partial charge in [0.15, 0.2) is 12.4 Å². The van der Waals surface area contributed by atoms with Gasteiger partial charge in [0, 0.05) is 10.0 Å². The Morgan fingerprint density at radius 1 is 1.33 bits per heavy atom. The lowest BCUT2D eigenvalue weighted by molar-refractivity contribution is -0.144. The molecule has 0 spiro atoms. The number of ether oxygens (including phenoxy) is 1. The molecule has 5 heteroatoms. The maximum absolute atomic E-state index is 11.8. The molecule has 18 heavy (non-hydrogen) atoms. The average Bonchev–Trinajstić information content (AvgIpc) is 2.90. The van der Waals surface area contributed by atoms with Gasteiger partial charge in [0.05, 0.1) is 0 Å². The average molecular weight is 312 g/mol. The first kappa shape index (κ1) is 13.2. The van der Waals surface area contributed by atoms with Gasteiger partial charge in [0.2, 0.25) is 0 Å². The zero-order chi connectivity index (χ0) is 13.0. The first-order valence-electron chi connectivity index (χ1n) is 5.85. The van der Waals surface area contributed by atoms with Gasteiger partial charge in [-0.2, -0.15) is 0 Å². The molecule has 1 aromatic rings. The third kappa shape index (κ3) is 3.40. The number of hydrogen-bond donors (Lipinski definition) is 1. The standard InChI is InChI=1S/C13H14BrNO3/c14-10-5-3-9(4-6-10)12(16)8-18-13(17)11-2-1-7-15-11/h3-6,11,15H,1-2,7-8H2. The van der Waals surface area contributed by atoms with Crippen molar-refractivity contribution in [3.63, 3.8) is 0 Å². The van der Waals surface area contributed by atoms with Crippen molar-refractivity contribution in [2.45, 2.75) is 18.9 Å². The quantitative estimate of drug-likeness (QED) is 0.682. The van der Waals surface area contributed by atoms with Crippen molar-refractivity contribution in [3.8, 4) is 0 Å². The van der Waals surface area contributed by atoms with Crippen molar-refractivity contribution in [2.75, 3.05) is 13.2 Å². The van der Waals surface area contributed by atoms with Crippen LogP contribution in [0.5, 0.6) is 0 Å². The largest absolute Gasteiger partial charge is 0.456 e. The summed E-state index contributed by atoms with van der Waals surface area (Å²) in [5, 5.41) is 3.04. The van der Waals surface area contributed by atoms with E-state index in [0.717, 1.165) is 23.9 Å². The molecule has 1 atom stereocenters. The number of benzene rings is 1. The molecule has 1 unspecified atom stereocenters. The molecule has 1 heterocycles. The number of halogens is 1. The Bertz CT molecular complexity index is 438. The van der Waals surface area contributed by atoms with E-state index in [1.807, 2.05) is 0 Å². The molecule has 96 valence electrons. The number of nitrogens with one attached hydrogen (secondary N) is 1. The van der Waals surface area contributed by atoms with Crippen LogP contribution in [-0.4, -0.2) is 30.9 Å². The molecule has 2 rings (SSSR count). The number of esters is 1. The van der Waals surface area contributed by atoms with Crippen LogP contribution in [0.1, 0.15) is 23.2 Å². The van der Waals surface area contributed by atoms with Crippen LogP contribution in [-0.2, 0) is 9.53 Å². The third-order valence-corrected chi connectivity index (χ3v) is 3.39. The van der Waals surface area contributed by atoms with Crippen LogP contribution in [0, 0.1) is 0 Å². The van der Waals surface area contributed by atoms with E-state index in [-0.39, 0.29) is 24.4 Å². The molecule has 1 aliphatic rings. The van der Waals surface area contributed by atoms with E-state index >= 15 is 0 Å². The van der Waals surface area contributed by atoms with Crippen molar-refractivity contribution in [1.29, 1.82) is 0 Å². The number of rotatable bonds is 4. The highest BCUT2D eigenvalue weighted by Gasteiger charge is 2.24. The van der Waals surface area contributed by atoms with E-state index in [1.54, 1.807) is 24.3 Å². The van der Waals surface area contributed by atoms with Crippen molar-refractivity contribution in [3.05, 3.63) is 34.3 Å². The van der Waals surface area contributed by atoms with Gasteiger partial charge in [-0.15, -0.1) is 0 Å². The summed E-state index contributed by atoms with van der Waals surface area (Å²) in [6.45, 7) is 0.638. The number of carbonyl (C=O) groups excluding carboxylic acids is 2. The van der Waals surface area contributed by atoms with Crippen LogP contribution in [0.25, 0.3) is 0 Å². The molecular formula is C13H14BrNO3. The van der Waals surface area contributed by atoms with Crippen molar-refractivity contribution in [1.82, 2.24) is 5.32 Å². The Kier molecular flexibility index (Phi) is 4.49. The minimum Gasteiger partial charge on any atom is -0.456 e. The fourth-order valence-corrected chi connectivity index (χ4v) is 2.11. The van der Waals surface area contributed by atoms with Gasteiger partial charge in [0.25, 0.3) is 0 Å². The lowest BCUT2D eigenvalue weighted by atomic mass is 10.1. The van der Waals surface area contributed by atoms with Gasteiger partial charge in [-0.25, -0.2) is 0 Å². The second-order valence-electron chi connectivity index (χ2n) is 4.19. The Balaban J connectivity index is 1.84. The van der Waals surface area contributed by atoms with Crippen molar-refractivity contribution >= 4 is 27.7 Å². The van der Waals surface area contributed by atoms with Crippen LogP contribution >= 0.6 is 15.9 Å². The van der Waals surface area contributed by atoms with E-state index in [9.17, 15) is 9.59 Å². The van der Waals surface area contributed by atoms with E-state index < -0.39 is 0 Å². The fourth-order valence-electron chi connectivity index (χ4n) is 1.84. The minimum absolute atomic E-state index is 0.186. The Morgan fingerprint density at radius 2 is 2.06 bits per heavy atom. The van der Waals surface area contributed by atoms with Crippen LogP contribution in [0.3, 0.4) is 0 Å². The summed E-state index contributed by atoms with van der Waals surface area (Å²) in [4.78, 5) is 23.4. The molecule has 0 aliphatic carbocycles. The van der Waals surface area contributed by atoms with Gasteiger partial charge < -0.3 is 10.1 Å². The number of Topliss-reactive ketones (excluding diaryl/α,β-unsaturated/α-hetero) is 1. The third-order valence-electron chi connectivity index (χ3n) is 2.86. The summed E-state index contributed by atoms with van der Waals surface area (Å²) in [5.41, 5.74) is 0.547. The van der Waals surface area contributed by atoms with E-state index in [0.29, 0.717) is 5.56 Å². The lowest BCUT2D eigenvalue weighted by Crippen LogP contribution is -2.33. The Hall–Kier alpha value is -1.20. The smallest absolute Gasteiger partial charge is 0.323 e. The first-order valence-corrected chi connectivity index (χ1v) is 6.65. The van der Waals surface area contributed by atoms with Crippen molar-refractivity contribution < 1.29 is 14.3 Å². The maximum atomic E-state index is 11.8. The molecule has 0 amide bonds. The zero-order valence-corrected chi connectivity index (χ0v) is 11.4. The zero-order valence-electron chi connectivity index (χ0n) is 9.82. The van der Waals surface area contributed by atoms with Crippen LogP contribution in [0.15, 0.2) is 28.7 Å². The molecular weight excluding hydrogens is 298 g/mol. The molecule has 1 aromatic carbocycles. The number of ketones is 1. The summed E-state index contributed by atoms with van der Waals surface area (Å²) < 4.78 is 5.92. The fraction of sp³-hybridized carbons (Fsp3) is 0.385. The molecule has 1 saturated heterocycles. The molecule has 4 nitrogen and oxygen atoms in total. The summed E-state index contributed by atoms with van der Waals surface area (Å²) >= 11 is 3.30. The van der Waals surface area contributed by atoms with Crippen LogP contribution in [0.2, 0.25) is 0 Å². The van der Waals surface area contributed by atoms with E-state index in [2.05, 4.69) is 21.2 Å². The molecule has 0 saturated carbocycles. The van der Waals surface area contributed by atoms with Gasteiger partial charge in [0.1, 0.15) is 6.04 Å². The highest BCUT2D eigenvalue weighted by molar-refractivity contribution is 9.10. The molecule has 1 aliphatic heterocycles. The topological polar surface area (TPSA) is 55.4 Å². The van der Waals surface area contributed by atoms with E-state index in [1.165, 1.54) is 0 Å². The lowest BCUT2D eigenvalue weighted by Gasteiger charge is -2.09. The normalized spacial score (nSPS) is 18.6. The molecule has 1 N–H and O–H groups in total. The van der Waals surface area contributed by atoms with Gasteiger partial charge in [-0.3, -0.25) is 9.59 Å². The van der Waals surface area contributed by atoms with Gasteiger partial charge in [-0.05, 0) is 31.5 Å². The van der Waals surface area contributed by atoms with E-state index in [4.69, 9.17) is 4.74 Å². The monoisotopic (exact) mass is 311 g/mol. The van der Waals surface area contributed by atoms with Crippen LogP contribution < -0.4 is 5.32 Å². The summed E-state index contributed by atoms with van der Waals surface area (Å²) in [5.74, 6) is -0.521. The Morgan fingerprint density at radius 3 is 2.67 bits per heavy atom. The number of carbonyl (C=O) groups is 2. The predicted molar refractivity (Wildman–Crippen MR) is 70.5 cm³/mol. The maximum Gasteiger partial charge on any atom is 0.323 e. The van der Waals surface area contributed by atoms with Crippen molar-refractivity contribution in [2.24, 2.45) is 0 Å². The highest BCUT2D eigenvalue weighted by Crippen LogP contribution is 2.11. The summed E-state index contributed by atoms with van der Waals surface area (Å²) in [6.07, 6.45) is 1.76. The molecule has 0 radical (unpaired) electrons. The SMILES string of the molecule is O=C(COC(=O)C1CCCN1)c1ccc(Br)cc1. The Labute approximate surface area is 114 Å². The first-order chi connectivity index (χ1) is 8.66. The number of hydrogen-bond acceptors (Lipinski definition) is 4. The van der Waals surface area contributed by atoms with Gasteiger partial charge in [-0.1, -0.05) is 28.1 Å². The molecule has 0 aromatic heterocycles. The highest BCUT2D eigenvalue weighted by atomic mass is 79.9.